The van der Waals surface area contributed by atoms with Gasteiger partial charge >= 0.3 is 0 Å². The third kappa shape index (κ3) is 5.30. The molecule has 0 spiro atoms. The molecule has 0 aliphatic carbocycles. The minimum atomic E-state index is 0.844. The van der Waals surface area contributed by atoms with Crippen LogP contribution < -0.4 is 0 Å². The van der Waals surface area contributed by atoms with E-state index in [-0.39, 0.29) is 0 Å². The molecule has 4 heteroatoms. The van der Waals surface area contributed by atoms with E-state index in [9.17, 15) is 0 Å². The molecule has 0 atom stereocenters. The van der Waals surface area contributed by atoms with Crippen LogP contribution >= 0.6 is 0 Å². The second-order valence-electron chi connectivity index (χ2n) is 11.1. The van der Waals surface area contributed by atoms with Crippen molar-refractivity contribution in [2.24, 2.45) is 0 Å². The largest absolute Gasteiger partial charge is 0.265 e. The Morgan fingerprint density at radius 3 is 1.49 bits per heavy atom. The summed E-state index contributed by atoms with van der Waals surface area (Å²) in [5, 5.41) is 10.1. The highest BCUT2D eigenvalue weighted by Crippen LogP contribution is 2.35. The van der Waals surface area contributed by atoms with Gasteiger partial charge in [0.05, 0.1) is 5.69 Å². The van der Waals surface area contributed by atoms with Gasteiger partial charge in [0.15, 0.2) is 0 Å². The zero-order valence-electron chi connectivity index (χ0n) is 24.5. The highest BCUT2D eigenvalue weighted by molar-refractivity contribution is 5.96. The van der Waals surface area contributed by atoms with Crippen LogP contribution in [-0.2, 0) is 0 Å². The average molecular weight is 577 g/mol. The van der Waals surface area contributed by atoms with E-state index in [1.165, 1.54) is 22.3 Å². The lowest BCUT2D eigenvalue weighted by Gasteiger charge is -2.09. The van der Waals surface area contributed by atoms with Crippen LogP contribution in [0.25, 0.3) is 72.4 Å². The van der Waals surface area contributed by atoms with Gasteiger partial charge in [0.25, 0.3) is 0 Å². The number of rotatable bonds is 6. The molecule has 45 heavy (non-hydrogen) atoms. The lowest BCUT2D eigenvalue weighted by Crippen LogP contribution is -1.98. The molecular formula is C41H28N4. The normalized spacial score (nSPS) is 11.1. The van der Waals surface area contributed by atoms with Crippen molar-refractivity contribution < 1.29 is 0 Å². The minimum Gasteiger partial charge on any atom is -0.265 e. The van der Waals surface area contributed by atoms with Gasteiger partial charge in [-0.15, -0.1) is 10.2 Å². The Hall–Kier alpha value is -6.13. The molecule has 8 aromatic rings. The molecule has 0 aliphatic rings. The summed E-state index contributed by atoms with van der Waals surface area (Å²) in [7, 11) is 0. The van der Waals surface area contributed by atoms with Crippen molar-refractivity contribution in [2.45, 2.75) is 0 Å². The summed E-state index contributed by atoms with van der Waals surface area (Å²) in [6.45, 7) is 0. The Labute approximate surface area is 261 Å². The predicted octanol–water partition coefficient (Wildman–Crippen LogP) is 10.2. The zero-order valence-corrected chi connectivity index (χ0v) is 24.5. The highest BCUT2D eigenvalue weighted by atomic mass is 15.5. The molecule has 2 heterocycles. The Morgan fingerprint density at radius 2 is 0.867 bits per heavy atom. The minimum absolute atomic E-state index is 0.844. The van der Waals surface area contributed by atoms with E-state index in [2.05, 4.69) is 126 Å². The Kier molecular flexibility index (Phi) is 6.78. The number of nitrogens with zero attached hydrogens (tertiary/aromatic N) is 4. The van der Waals surface area contributed by atoms with Crippen molar-refractivity contribution >= 4 is 11.0 Å². The lowest BCUT2D eigenvalue weighted by atomic mass is 9.95. The van der Waals surface area contributed by atoms with E-state index in [0.717, 1.165) is 50.1 Å². The molecular weight excluding hydrogens is 548 g/mol. The van der Waals surface area contributed by atoms with E-state index in [1.54, 1.807) is 4.80 Å². The highest BCUT2D eigenvalue weighted by Gasteiger charge is 2.15. The van der Waals surface area contributed by atoms with E-state index in [0.29, 0.717) is 0 Å². The van der Waals surface area contributed by atoms with Gasteiger partial charge in [0.1, 0.15) is 11.0 Å². The molecule has 212 valence electrons. The Balaban J connectivity index is 1.24. The van der Waals surface area contributed by atoms with Crippen molar-refractivity contribution in [3.63, 3.8) is 0 Å². The van der Waals surface area contributed by atoms with Crippen LogP contribution in [0.4, 0.5) is 0 Å². The third-order valence-corrected chi connectivity index (χ3v) is 8.21. The first-order chi connectivity index (χ1) is 22.3. The molecule has 4 nitrogen and oxygen atoms in total. The first kappa shape index (κ1) is 26.5. The molecule has 6 aromatic carbocycles. The summed E-state index contributed by atoms with van der Waals surface area (Å²) in [5.41, 5.74) is 13.9. The number of hydrogen-bond acceptors (Lipinski definition) is 3. The van der Waals surface area contributed by atoms with Crippen LogP contribution in [0, 0.1) is 0 Å². The molecule has 0 N–H and O–H groups in total. The van der Waals surface area contributed by atoms with E-state index in [4.69, 9.17) is 10.2 Å². The monoisotopic (exact) mass is 576 g/mol. The summed E-state index contributed by atoms with van der Waals surface area (Å²) in [6, 6.07) is 55.1. The summed E-state index contributed by atoms with van der Waals surface area (Å²) in [5.74, 6) is 0. The van der Waals surface area contributed by atoms with Gasteiger partial charge in [0, 0.05) is 18.0 Å². The molecule has 8 rings (SSSR count). The Morgan fingerprint density at radius 1 is 0.356 bits per heavy atom. The zero-order chi connectivity index (χ0) is 30.0. The predicted molar refractivity (Wildman–Crippen MR) is 184 cm³/mol. The summed E-state index contributed by atoms with van der Waals surface area (Å²) >= 11 is 0. The molecule has 0 radical (unpaired) electrons. The SMILES string of the molecule is c1ccc(-c2ccc(-c3cc(-c4ccc(-c5ccccc5)cc4)c4nn(-c5cccc(-c6ccncc6)c5)nc4c3)cc2)cc1. The third-order valence-electron chi connectivity index (χ3n) is 8.21. The maximum absolute atomic E-state index is 5.06. The Bertz CT molecular complexity index is 2220. The number of benzene rings is 6. The maximum atomic E-state index is 5.06. The number of fused-ring (bicyclic) bond motifs is 1. The molecule has 2 aromatic heterocycles. The molecule has 0 unspecified atom stereocenters. The average Bonchev–Trinajstić information content (AvgIpc) is 3.57. The summed E-state index contributed by atoms with van der Waals surface area (Å²) < 4.78 is 0. The van der Waals surface area contributed by atoms with Gasteiger partial charge in [-0.05, 0) is 86.5 Å². The van der Waals surface area contributed by atoms with Crippen molar-refractivity contribution in [1.82, 2.24) is 20.0 Å². The molecule has 0 fully saturated rings. The molecule has 0 saturated carbocycles. The van der Waals surface area contributed by atoms with Gasteiger partial charge < -0.3 is 0 Å². The standard InChI is InChI=1S/C41H28N4/c1-3-8-29(9-4-1)31-14-16-33(17-15-31)37-27-39(35-20-18-32(19-21-35)30-10-5-2-6-11-30)41-40(28-37)43-45(44-41)38-13-7-12-36(26-38)34-22-24-42-25-23-34/h1-28H. The first-order valence-corrected chi connectivity index (χ1v) is 15.0. The van der Waals surface area contributed by atoms with Gasteiger partial charge in [-0.3, -0.25) is 4.98 Å². The fourth-order valence-electron chi connectivity index (χ4n) is 5.83. The van der Waals surface area contributed by atoms with Crippen LogP contribution in [0.5, 0.6) is 0 Å². The smallest absolute Gasteiger partial charge is 0.121 e. The van der Waals surface area contributed by atoms with Crippen molar-refractivity contribution in [1.29, 1.82) is 0 Å². The second-order valence-corrected chi connectivity index (χ2v) is 11.1. The van der Waals surface area contributed by atoms with Crippen LogP contribution in [0.2, 0.25) is 0 Å². The molecule has 0 bridgehead atoms. The fraction of sp³-hybridized carbons (Fsp3) is 0. The van der Waals surface area contributed by atoms with Crippen molar-refractivity contribution in [3.8, 4) is 61.3 Å². The molecule has 0 saturated heterocycles. The van der Waals surface area contributed by atoms with Crippen LogP contribution in [0.1, 0.15) is 0 Å². The van der Waals surface area contributed by atoms with Crippen molar-refractivity contribution in [2.75, 3.05) is 0 Å². The van der Waals surface area contributed by atoms with Gasteiger partial charge in [-0.1, -0.05) is 121 Å². The van der Waals surface area contributed by atoms with E-state index >= 15 is 0 Å². The first-order valence-electron chi connectivity index (χ1n) is 15.0. The molecule has 0 amide bonds. The summed E-state index contributed by atoms with van der Waals surface area (Å²) in [4.78, 5) is 5.91. The van der Waals surface area contributed by atoms with Crippen LogP contribution in [0.3, 0.4) is 0 Å². The quantitative estimate of drug-likeness (QED) is 0.198. The lowest BCUT2D eigenvalue weighted by molar-refractivity contribution is 0.766. The van der Waals surface area contributed by atoms with E-state index in [1.807, 2.05) is 48.8 Å². The summed E-state index contributed by atoms with van der Waals surface area (Å²) in [6.07, 6.45) is 3.62. The second kappa shape index (κ2) is 11.5. The topological polar surface area (TPSA) is 43.6 Å². The van der Waals surface area contributed by atoms with Crippen LogP contribution in [0.15, 0.2) is 170 Å². The maximum Gasteiger partial charge on any atom is 0.121 e. The molecule has 0 aliphatic heterocycles. The number of aromatic nitrogens is 4. The van der Waals surface area contributed by atoms with Gasteiger partial charge in [0.2, 0.25) is 0 Å². The van der Waals surface area contributed by atoms with E-state index < -0.39 is 0 Å². The van der Waals surface area contributed by atoms with Gasteiger partial charge in [-0.2, -0.15) is 4.80 Å². The van der Waals surface area contributed by atoms with Gasteiger partial charge in [-0.25, -0.2) is 0 Å². The fourth-order valence-corrected chi connectivity index (χ4v) is 5.83. The van der Waals surface area contributed by atoms with Crippen molar-refractivity contribution in [3.05, 3.63) is 170 Å². The number of pyridine rings is 1. The van der Waals surface area contributed by atoms with Crippen LogP contribution in [-0.4, -0.2) is 20.0 Å². The number of hydrogen-bond donors (Lipinski definition) is 0.